The molecule has 0 bridgehead atoms. The number of fused-ring (bicyclic) bond motifs is 1. The van der Waals surface area contributed by atoms with Gasteiger partial charge >= 0.3 is 0 Å². The number of nitrogen functional groups attached to an aromatic ring is 1. The summed E-state index contributed by atoms with van der Waals surface area (Å²) in [5, 5.41) is 5.34. The van der Waals surface area contributed by atoms with Gasteiger partial charge in [0.25, 0.3) is 0 Å². The van der Waals surface area contributed by atoms with Gasteiger partial charge in [-0.1, -0.05) is 18.2 Å². The number of carbonyl (C=O) groups is 1. The largest absolute Gasteiger partial charge is 0.456 e. The predicted octanol–water partition coefficient (Wildman–Crippen LogP) is 4.36. The first kappa shape index (κ1) is 18.6. The fourth-order valence-corrected chi connectivity index (χ4v) is 3.58. The lowest BCUT2D eigenvalue weighted by atomic mass is 10.1. The number of nitrogens with two attached hydrogens (primary N) is 1. The molecular weight excluding hydrogens is 390 g/mol. The van der Waals surface area contributed by atoms with Crippen molar-refractivity contribution in [3.63, 3.8) is 0 Å². The van der Waals surface area contributed by atoms with Crippen molar-refractivity contribution in [3.8, 4) is 17.2 Å². The SMILES string of the molecule is Cn1c(C(=O)c2cnn(-c3ccc(Oc4cccnc4)cc3)c2N)cc2ccccc21. The van der Waals surface area contributed by atoms with Gasteiger partial charge in [-0.15, -0.1) is 0 Å². The second-order valence-electron chi connectivity index (χ2n) is 7.12. The van der Waals surface area contributed by atoms with Gasteiger partial charge in [-0.2, -0.15) is 5.10 Å². The highest BCUT2D eigenvalue weighted by atomic mass is 16.5. The Hall–Kier alpha value is -4.39. The first-order valence-corrected chi connectivity index (χ1v) is 9.73. The lowest BCUT2D eigenvalue weighted by molar-refractivity contribution is 0.103. The zero-order chi connectivity index (χ0) is 21.4. The molecule has 0 spiro atoms. The maximum atomic E-state index is 13.2. The molecule has 5 rings (SSSR count). The molecule has 0 atom stereocenters. The molecule has 7 nitrogen and oxygen atoms in total. The number of hydrogen-bond acceptors (Lipinski definition) is 5. The summed E-state index contributed by atoms with van der Waals surface area (Å²) in [6.45, 7) is 0. The van der Waals surface area contributed by atoms with Crippen LogP contribution in [0.15, 0.2) is 85.3 Å². The molecule has 0 saturated heterocycles. The molecule has 2 aromatic carbocycles. The van der Waals surface area contributed by atoms with E-state index in [0.29, 0.717) is 22.8 Å². The smallest absolute Gasteiger partial charge is 0.214 e. The first-order chi connectivity index (χ1) is 15.1. The monoisotopic (exact) mass is 409 g/mol. The fourth-order valence-electron chi connectivity index (χ4n) is 3.58. The maximum Gasteiger partial charge on any atom is 0.214 e. The Labute approximate surface area is 178 Å². The van der Waals surface area contributed by atoms with Crippen LogP contribution in [0.5, 0.6) is 11.5 Å². The molecule has 0 saturated carbocycles. The molecule has 152 valence electrons. The zero-order valence-corrected chi connectivity index (χ0v) is 16.8. The van der Waals surface area contributed by atoms with Crippen LogP contribution in [0.25, 0.3) is 16.6 Å². The second kappa shape index (κ2) is 7.46. The molecule has 0 amide bonds. The second-order valence-corrected chi connectivity index (χ2v) is 7.12. The van der Waals surface area contributed by atoms with E-state index in [0.717, 1.165) is 16.6 Å². The van der Waals surface area contributed by atoms with Crippen LogP contribution < -0.4 is 10.5 Å². The molecule has 2 N–H and O–H groups in total. The quantitative estimate of drug-likeness (QED) is 0.436. The first-order valence-electron chi connectivity index (χ1n) is 9.73. The van der Waals surface area contributed by atoms with Crippen LogP contribution in [0.4, 0.5) is 5.82 Å². The van der Waals surface area contributed by atoms with E-state index in [9.17, 15) is 4.79 Å². The Morgan fingerprint density at radius 1 is 0.968 bits per heavy atom. The average molecular weight is 409 g/mol. The molecule has 0 radical (unpaired) electrons. The molecule has 0 aliphatic rings. The molecule has 0 aliphatic heterocycles. The highest BCUT2D eigenvalue weighted by Gasteiger charge is 2.21. The molecule has 3 heterocycles. The number of nitrogens with zero attached hydrogens (tertiary/aromatic N) is 4. The van der Waals surface area contributed by atoms with Gasteiger partial charge in [0.2, 0.25) is 5.78 Å². The molecule has 0 fully saturated rings. The molecule has 0 aliphatic carbocycles. The van der Waals surface area contributed by atoms with Gasteiger partial charge in [-0.25, -0.2) is 4.68 Å². The third kappa shape index (κ3) is 3.32. The number of anilines is 1. The zero-order valence-electron chi connectivity index (χ0n) is 16.8. The number of hydrogen-bond donors (Lipinski definition) is 1. The number of rotatable bonds is 5. The van der Waals surface area contributed by atoms with Crippen LogP contribution in [0.2, 0.25) is 0 Å². The van der Waals surface area contributed by atoms with E-state index in [1.165, 1.54) is 6.20 Å². The lowest BCUT2D eigenvalue weighted by Gasteiger charge is -2.08. The van der Waals surface area contributed by atoms with E-state index in [1.807, 2.05) is 78.3 Å². The van der Waals surface area contributed by atoms with E-state index in [2.05, 4.69) is 10.1 Å². The Bertz CT molecular complexity index is 1390. The van der Waals surface area contributed by atoms with Crippen molar-refractivity contribution < 1.29 is 9.53 Å². The third-order valence-corrected chi connectivity index (χ3v) is 5.19. The summed E-state index contributed by atoms with van der Waals surface area (Å²) in [6.07, 6.45) is 4.84. The fraction of sp³-hybridized carbons (Fsp3) is 0.0417. The summed E-state index contributed by atoms with van der Waals surface area (Å²) in [6, 6.07) is 20.7. The van der Waals surface area contributed by atoms with Gasteiger partial charge in [0.15, 0.2) is 0 Å². The molecular formula is C24H19N5O2. The minimum absolute atomic E-state index is 0.168. The molecule has 5 aromatic rings. The summed E-state index contributed by atoms with van der Waals surface area (Å²) in [5.74, 6) is 1.43. The van der Waals surface area contributed by atoms with Crippen molar-refractivity contribution >= 4 is 22.5 Å². The normalized spacial score (nSPS) is 11.0. The topological polar surface area (TPSA) is 88.0 Å². The van der Waals surface area contributed by atoms with E-state index in [1.54, 1.807) is 17.1 Å². The lowest BCUT2D eigenvalue weighted by Crippen LogP contribution is -2.10. The van der Waals surface area contributed by atoms with Crippen LogP contribution in [0.1, 0.15) is 16.1 Å². The minimum atomic E-state index is -0.168. The van der Waals surface area contributed by atoms with E-state index >= 15 is 0 Å². The van der Waals surface area contributed by atoms with Gasteiger partial charge in [0.1, 0.15) is 17.3 Å². The predicted molar refractivity (Wildman–Crippen MR) is 119 cm³/mol. The van der Waals surface area contributed by atoms with Crippen molar-refractivity contribution in [2.75, 3.05) is 5.73 Å². The number of ketones is 1. The summed E-state index contributed by atoms with van der Waals surface area (Å²) in [5.41, 5.74) is 8.95. The number of para-hydroxylation sites is 1. The summed E-state index contributed by atoms with van der Waals surface area (Å²) >= 11 is 0. The van der Waals surface area contributed by atoms with E-state index < -0.39 is 0 Å². The van der Waals surface area contributed by atoms with Crippen molar-refractivity contribution in [1.82, 2.24) is 19.3 Å². The molecule has 31 heavy (non-hydrogen) atoms. The van der Waals surface area contributed by atoms with Crippen LogP contribution in [0, 0.1) is 0 Å². The number of benzene rings is 2. The van der Waals surface area contributed by atoms with Crippen molar-refractivity contribution in [3.05, 3.63) is 96.6 Å². The number of ether oxygens (including phenoxy) is 1. The Balaban J connectivity index is 1.43. The van der Waals surface area contributed by atoms with Gasteiger partial charge in [0.05, 0.1) is 29.3 Å². The van der Waals surface area contributed by atoms with Gasteiger partial charge < -0.3 is 15.0 Å². The van der Waals surface area contributed by atoms with Gasteiger partial charge in [0, 0.05) is 24.1 Å². The van der Waals surface area contributed by atoms with Gasteiger partial charge in [-0.3, -0.25) is 9.78 Å². The van der Waals surface area contributed by atoms with Crippen LogP contribution >= 0.6 is 0 Å². The van der Waals surface area contributed by atoms with Crippen molar-refractivity contribution in [2.45, 2.75) is 0 Å². The summed E-state index contributed by atoms with van der Waals surface area (Å²) in [7, 11) is 1.87. The van der Waals surface area contributed by atoms with Crippen molar-refractivity contribution in [2.24, 2.45) is 7.05 Å². The number of aromatic nitrogens is 4. The molecule has 0 unspecified atom stereocenters. The highest BCUT2D eigenvalue weighted by molar-refractivity contribution is 6.12. The van der Waals surface area contributed by atoms with Gasteiger partial charge in [-0.05, 0) is 48.5 Å². The highest BCUT2D eigenvalue weighted by Crippen LogP contribution is 2.26. The average Bonchev–Trinajstić information content (AvgIpc) is 3.35. The van der Waals surface area contributed by atoms with E-state index in [4.69, 9.17) is 10.5 Å². The van der Waals surface area contributed by atoms with Crippen LogP contribution in [-0.4, -0.2) is 25.1 Å². The van der Waals surface area contributed by atoms with Crippen molar-refractivity contribution in [1.29, 1.82) is 0 Å². The Kier molecular flexibility index (Phi) is 4.48. The summed E-state index contributed by atoms with van der Waals surface area (Å²) in [4.78, 5) is 17.2. The van der Waals surface area contributed by atoms with Crippen LogP contribution in [0.3, 0.4) is 0 Å². The maximum absolute atomic E-state index is 13.2. The molecule has 7 heteroatoms. The standard InChI is InChI=1S/C24H19N5O2/c1-28-21-7-3-2-5-16(21)13-22(28)23(30)20-15-27-29(24(20)25)17-8-10-18(11-9-17)31-19-6-4-12-26-14-19/h2-15H,25H2,1H3. The molecule has 3 aromatic heterocycles. The number of aryl methyl sites for hydroxylation is 1. The summed E-state index contributed by atoms with van der Waals surface area (Å²) < 4.78 is 9.18. The minimum Gasteiger partial charge on any atom is -0.456 e. The Morgan fingerprint density at radius 2 is 1.77 bits per heavy atom. The third-order valence-electron chi connectivity index (χ3n) is 5.19. The van der Waals surface area contributed by atoms with E-state index in [-0.39, 0.29) is 11.6 Å². The Morgan fingerprint density at radius 3 is 2.52 bits per heavy atom. The number of carbonyl (C=O) groups excluding carboxylic acids is 1. The number of pyridine rings is 1. The van der Waals surface area contributed by atoms with Crippen LogP contribution in [-0.2, 0) is 7.05 Å².